The maximum atomic E-state index is 12.8. The summed E-state index contributed by atoms with van der Waals surface area (Å²) in [5.41, 5.74) is 0.625. The van der Waals surface area contributed by atoms with Crippen LogP contribution in [0.2, 0.25) is 0 Å². The zero-order valence-corrected chi connectivity index (χ0v) is 14.9. The third kappa shape index (κ3) is 3.95. The van der Waals surface area contributed by atoms with Crippen molar-refractivity contribution in [3.8, 4) is 5.75 Å². The smallest absolute Gasteiger partial charge is 0.254 e. The van der Waals surface area contributed by atoms with Gasteiger partial charge in [-0.3, -0.25) is 9.59 Å². The van der Waals surface area contributed by atoms with E-state index in [1.807, 2.05) is 21.9 Å². The topological polar surface area (TPSA) is 59.1 Å². The average molecular weight is 346 g/mol. The van der Waals surface area contributed by atoms with Crippen LogP contribution in [0.15, 0.2) is 24.3 Å². The summed E-state index contributed by atoms with van der Waals surface area (Å²) >= 11 is 0. The molecule has 3 rings (SSSR count). The summed E-state index contributed by atoms with van der Waals surface area (Å²) in [6.45, 7) is 4.30. The van der Waals surface area contributed by atoms with Gasteiger partial charge in [0.05, 0.1) is 13.2 Å². The van der Waals surface area contributed by atoms with Gasteiger partial charge in [0.1, 0.15) is 5.75 Å². The van der Waals surface area contributed by atoms with Crippen molar-refractivity contribution in [2.24, 2.45) is 0 Å². The van der Waals surface area contributed by atoms with Gasteiger partial charge >= 0.3 is 0 Å². The van der Waals surface area contributed by atoms with E-state index in [2.05, 4.69) is 0 Å². The van der Waals surface area contributed by atoms with E-state index in [0.29, 0.717) is 37.6 Å². The number of hydrogen-bond acceptors (Lipinski definition) is 4. The molecule has 2 fully saturated rings. The molecule has 1 atom stereocenters. The standard InChI is InChI=1S/C19H26N2O4/c1-14(22)21(16-7-10-25-11-8-16)17-6-9-20(13-17)19(23)15-4-3-5-18(12-15)24-2/h3-5,12,16-17H,6-11,13H2,1-2H3. The lowest BCUT2D eigenvalue weighted by Gasteiger charge is -2.37. The Balaban J connectivity index is 1.68. The number of rotatable bonds is 4. The molecule has 6 nitrogen and oxygen atoms in total. The number of nitrogens with zero attached hydrogens (tertiary/aromatic N) is 2. The first-order valence-corrected chi connectivity index (χ1v) is 8.90. The molecule has 1 unspecified atom stereocenters. The van der Waals surface area contributed by atoms with E-state index in [1.165, 1.54) is 0 Å². The molecule has 0 aliphatic carbocycles. The molecule has 2 aliphatic rings. The molecule has 0 N–H and O–H groups in total. The predicted molar refractivity (Wildman–Crippen MR) is 93.7 cm³/mol. The number of hydrogen-bond donors (Lipinski definition) is 0. The molecule has 2 saturated heterocycles. The molecule has 0 bridgehead atoms. The molecule has 2 aliphatic heterocycles. The molecule has 0 aromatic heterocycles. The summed E-state index contributed by atoms with van der Waals surface area (Å²) in [5, 5.41) is 0. The van der Waals surface area contributed by atoms with Gasteiger partial charge in [0.2, 0.25) is 5.91 Å². The summed E-state index contributed by atoms with van der Waals surface area (Å²) in [4.78, 5) is 28.8. The minimum Gasteiger partial charge on any atom is -0.497 e. The first-order chi connectivity index (χ1) is 12.1. The Morgan fingerprint density at radius 3 is 2.64 bits per heavy atom. The fourth-order valence-electron chi connectivity index (χ4n) is 3.87. The number of amides is 2. The highest BCUT2D eigenvalue weighted by molar-refractivity contribution is 5.94. The lowest BCUT2D eigenvalue weighted by atomic mass is 10.0. The van der Waals surface area contributed by atoms with Gasteiger partial charge in [-0.1, -0.05) is 6.07 Å². The summed E-state index contributed by atoms with van der Waals surface area (Å²) in [6.07, 6.45) is 2.58. The maximum absolute atomic E-state index is 12.8. The zero-order chi connectivity index (χ0) is 17.8. The number of benzene rings is 1. The first-order valence-electron chi connectivity index (χ1n) is 8.90. The van der Waals surface area contributed by atoms with E-state index < -0.39 is 0 Å². The largest absolute Gasteiger partial charge is 0.497 e. The second-order valence-electron chi connectivity index (χ2n) is 6.70. The van der Waals surface area contributed by atoms with Gasteiger partial charge in [-0.05, 0) is 37.5 Å². The van der Waals surface area contributed by atoms with Gasteiger partial charge < -0.3 is 19.3 Å². The van der Waals surface area contributed by atoms with E-state index in [1.54, 1.807) is 26.2 Å². The van der Waals surface area contributed by atoms with E-state index in [-0.39, 0.29) is 23.9 Å². The number of ether oxygens (including phenoxy) is 2. The van der Waals surface area contributed by atoms with Crippen molar-refractivity contribution in [2.75, 3.05) is 33.4 Å². The van der Waals surface area contributed by atoms with Gasteiger partial charge in [0.25, 0.3) is 5.91 Å². The van der Waals surface area contributed by atoms with Crippen LogP contribution in [0.5, 0.6) is 5.75 Å². The Labute approximate surface area is 148 Å². The van der Waals surface area contributed by atoms with Gasteiger partial charge in [-0.2, -0.15) is 0 Å². The SMILES string of the molecule is COc1cccc(C(=O)N2CCC(N(C(C)=O)C3CCOCC3)C2)c1. The predicted octanol–water partition coefficient (Wildman–Crippen LogP) is 1.94. The van der Waals surface area contributed by atoms with Crippen molar-refractivity contribution in [3.05, 3.63) is 29.8 Å². The van der Waals surface area contributed by atoms with Crippen LogP contribution in [-0.4, -0.2) is 67.1 Å². The molecular weight excluding hydrogens is 320 g/mol. The van der Waals surface area contributed by atoms with Gasteiger partial charge in [0, 0.05) is 44.8 Å². The van der Waals surface area contributed by atoms with Gasteiger partial charge in [-0.15, -0.1) is 0 Å². The summed E-state index contributed by atoms with van der Waals surface area (Å²) in [7, 11) is 1.59. The van der Waals surface area contributed by atoms with Crippen molar-refractivity contribution in [1.29, 1.82) is 0 Å². The van der Waals surface area contributed by atoms with Crippen LogP contribution in [-0.2, 0) is 9.53 Å². The Hall–Kier alpha value is -2.08. The number of carbonyl (C=O) groups is 2. The van der Waals surface area contributed by atoms with Crippen molar-refractivity contribution in [3.63, 3.8) is 0 Å². The van der Waals surface area contributed by atoms with Crippen molar-refractivity contribution < 1.29 is 19.1 Å². The molecular formula is C19H26N2O4. The average Bonchev–Trinajstić information content (AvgIpc) is 3.11. The highest BCUT2D eigenvalue weighted by atomic mass is 16.5. The van der Waals surface area contributed by atoms with Gasteiger partial charge in [-0.25, -0.2) is 0 Å². The van der Waals surface area contributed by atoms with Crippen LogP contribution in [0.3, 0.4) is 0 Å². The molecule has 0 radical (unpaired) electrons. The van der Waals surface area contributed by atoms with Crippen molar-refractivity contribution in [2.45, 2.75) is 38.3 Å². The molecule has 25 heavy (non-hydrogen) atoms. The van der Waals surface area contributed by atoms with Crippen LogP contribution < -0.4 is 4.74 Å². The van der Waals surface area contributed by atoms with Crippen LogP contribution >= 0.6 is 0 Å². The van der Waals surface area contributed by atoms with Crippen LogP contribution in [0.1, 0.15) is 36.5 Å². The van der Waals surface area contributed by atoms with E-state index >= 15 is 0 Å². The summed E-state index contributed by atoms with van der Waals surface area (Å²) in [6, 6.07) is 7.53. The number of methoxy groups -OCH3 is 1. The monoisotopic (exact) mass is 346 g/mol. The summed E-state index contributed by atoms with van der Waals surface area (Å²) < 4.78 is 10.6. The Morgan fingerprint density at radius 1 is 1.20 bits per heavy atom. The van der Waals surface area contributed by atoms with Crippen molar-refractivity contribution >= 4 is 11.8 Å². The second-order valence-corrected chi connectivity index (χ2v) is 6.70. The Bertz CT molecular complexity index is 628. The fraction of sp³-hybridized carbons (Fsp3) is 0.579. The minimum atomic E-state index is -0.00289. The third-order valence-corrected chi connectivity index (χ3v) is 5.11. The highest BCUT2D eigenvalue weighted by Crippen LogP contribution is 2.25. The zero-order valence-electron chi connectivity index (χ0n) is 14.9. The number of likely N-dealkylation sites (tertiary alicyclic amines) is 1. The number of carbonyl (C=O) groups excluding carboxylic acids is 2. The molecule has 136 valence electrons. The molecule has 2 amide bonds. The normalized spacial score (nSPS) is 21.2. The lowest BCUT2D eigenvalue weighted by molar-refractivity contribution is -0.135. The maximum Gasteiger partial charge on any atom is 0.254 e. The van der Waals surface area contributed by atoms with Crippen molar-refractivity contribution in [1.82, 2.24) is 9.80 Å². The van der Waals surface area contributed by atoms with E-state index in [0.717, 1.165) is 19.3 Å². The van der Waals surface area contributed by atoms with Crippen LogP contribution in [0.25, 0.3) is 0 Å². The fourth-order valence-corrected chi connectivity index (χ4v) is 3.87. The van der Waals surface area contributed by atoms with Crippen LogP contribution in [0, 0.1) is 0 Å². The molecule has 1 aromatic rings. The second kappa shape index (κ2) is 7.87. The van der Waals surface area contributed by atoms with Gasteiger partial charge in [0.15, 0.2) is 0 Å². The van der Waals surface area contributed by atoms with E-state index in [9.17, 15) is 9.59 Å². The Morgan fingerprint density at radius 2 is 1.96 bits per heavy atom. The molecule has 0 spiro atoms. The molecule has 1 aromatic carbocycles. The third-order valence-electron chi connectivity index (χ3n) is 5.11. The molecule has 0 saturated carbocycles. The molecule has 2 heterocycles. The van der Waals surface area contributed by atoms with Crippen LogP contribution in [0.4, 0.5) is 0 Å². The summed E-state index contributed by atoms with van der Waals surface area (Å²) in [5.74, 6) is 0.763. The lowest BCUT2D eigenvalue weighted by Crippen LogP contribution is -2.49. The highest BCUT2D eigenvalue weighted by Gasteiger charge is 2.36. The first kappa shape index (κ1) is 17.7. The molecule has 6 heteroatoms. The quantitative estimate of drug-likeness (QED) is 0.836. The minimum absolute atomic E-state index is 0.00289. The van der Waals surface area contributed by atoms with E-state index in [4.69, 9.17) is 9.47 Å². The Kier molecular flexibility index (Phi) is 5.58.